The lowest BCUT2D eigenvalue weighted by atomic mass is 10.1. The Bertz CT molecular complexity index is 954. The van der Waals surface area contributed by atoms with Crippen LogP contribution >= 0.6 is 0 Å². The number of fused-ring (bicyclic) bond motifs is 1. The quantitative estimate of drug-likeness (QED) is 0.667. The van der Waals surface area contributed by atoms with E-state index in [0.717, 1.165) is 16.3 Å². The van der Waals surface area contributed by atoms with E-state index in [1.165, 1.54) is 0 Å². The number of carbonyl (C=O) groups is 2. The van der Waals surface area contributed by atoms with Crippen LogP contribution in [0.5, 0.6) is 0 Å². The number of likely N-dealkylation sites (N-methyl/N-ethyl adjacent to an activating group) is 1. The van der Waals surface area contributed by atoms with Gasteiger partial charge in [0.1, 0.15) is 0 Å². The molecular weight excluding hydrogens is 350 g/mol. The molecule has 0 bridgehead atoms. The molecule has 0 saturated carbocycles. The van der Waals surface area contributed by atoms with Gasteiger partial charge in [-0.25, -0.2) is 0 Å². The third kappa shape index (κ3) is 4.96. The molecule has 144 valence electrons. The Balaban J connectivity index is 1.53. The van der Waals surface area contributed by atoms with Crippen LogP contribution in [-0.4, -0.2) is 43.9 Å². The van der Waals surface area contributed by atoms with Crippen molar-refractivity contribution in [1.29, 1.82) is 0 Å². The molecule has 0 aromatic heterocycles. The van der Waals surface area contributed by atoms with Crippen LogP contribution in [0.3, 0.4) is 0 Å². The minimum Gasteiger partial charge on any atom is -0.353 e. The highest BCUT2D eigenvalue weighted by Gasteiger charge is 2.15. The van der Waals surface area contributed by atoms with Gasteiger partial charge in [-0.3, -0.25) is 9.59 Å². The summed E-state index contributed by atoms with van der Waals surface area (Å²) in [6, 6.07) is 23.5. The van der Waals surface area contributed by atoms with Gasteiger partial charge in [0.05, 0.1) is 12.6 Å². The Kier molecular flexibility index (Phi) is 6.40. The zero-order valence-electron chi connectivity index (χ0n) is 16.2. The number of rotatable bonds is 7. The molecule has 5 nitrogen and oxygen atoms in total. The molecule has 3 rings (SSSR count). The maximum atomic E-state index is 12.4. The lowest BCUT2D eigenvalue weighted by Crippen LogP contribution is -2.40. The van der Waals surface area contributed by atoms with E-state index < -0.39 is 0 Å². The number of hydrogen-bond acceptors (Lipinski definition) is 3. The predicted molar refractivity (Wildman–Crippen MR) is 112 cm³/mol. The summed E-state index contributed by atoms with van der Waals surface area (Å²) in [5.74, 6) is -0.468. The third-order valence-corrected chi connectivity index (χ3v) is 4.72. The van der Waals surface area contributed by atoms with Crippen molar-refractivity contribution in [2.24, 2.45) is 0 Å². The lowest BCUT2D eigenvalue weighted by molar-refractivity contribution is -0.120. The van der Waals surface area contributed by atoms with E-state index in [2.05, 4.69) is 15.5 Å². The van der Waals surface area contributed by atoms with Crippen molar-refractivity contribution in [1.82, 2.24) is 15.5 Å². The second-order valence-corrected chi connectivity index (χ2v) is 6.94. The molecule has 0 heterocycles. The average Bonchev–Trinajstić information content (AvgIpc) is 2.72. The zero-order chi connectivity index (χ0) is 19.9. The normalized spacial score (nSPS) is 12.0. The largest absolute Gasteiger partial charge is 0.353 e. The van der Waals surface area contributed by atoms with Crippen molar-refractivity contribution in [3.05, 3.63) is 83.9 Å². The van der Waals surface area contributed by atoms with Crippen LogP contribution in [0.25, 0.3) is 10.8 Å². The minimum absolute atomic E-state index is 0.0550. The summed E-state index contributed by atoms with van der Waals surface area (Å²) in [6.07, 6.45) is 0. The molecule has 2 amide bonds. The lowest BCUT2D eigenvalue weighted by Gasteiger charge is -2.25. The first-order valence-electron chi connectivity index (χ1n) is 9.29. The summed E-state index contributed by atoms with van der Waals surface area (Å²) in [7, 11) is 3.96. The van der Waals surface area contributed by atoms with Gasteiger partial charge in [-0.1, -0.05) is 60.7 Å². The molecule has 3 aromatic rings. The van der Waals surface area contributed by atoms with Crippen molar-refractivity contribution in [3.63, 3.8) is 0 Å². The summed E-state index contributed by atoms with van der Waals surface area (Å²) in [4.78, 5) is 26.6. The van der Waals surface area contributed by atoms with Gasteiger partial charge in [-0.2, -0.15) is 0 Å². The third-order valence-electron chi connectivity index (χ3n) is 4.72. The van der Waals surface area contributed by atoms with Gasteiger partial charge in [0.15, 0.2) is 0 Å². The Labute approximate surface area is 165 Å². The molecule has 0 aliphatic carbocycles. The van der Waals surface area contributed by atoms with Crippen molar-refractivity contribution in [3.8, 4) is 0 Å². The Hall–Kier alpha value is -3.18. The molecule has 1 atom stereocenters. The highest BCUT2D eigenvalue weighted by molar-refractivity contribution is 5.99. The number of benzene rings is 3. The number of amides is 2. The van der Waals surface area contributed by atoms with E-state index in [-0.39, 0.29) is 24.4 Å². The highest BCUT2D eigenvalue weighted by atomic mass is 16.2. The topological polar surface area (TPSA) is 61.4 Å². The second-order valence-electron chi connectivity index (χ2n) is 6.94. The molecule has 0 aliphatic rings. The van der Waals surface area contributed by atoms with Gasteiger partial charge in [0, 0.05) is 12.1 Å². The summed E-state index contributed by atoms with van der Waals surface area (Å²) in [5, 5.41) is 7.67. The molecule has 28 heavy (non-hydrogen) atoms. The summed E-state index contributed by atoms with van der Waals surface area (Å²) in [6.45, 7) is 0.419. The van der Waals surface area contributed by atoms with Gasteiger partial charge in [0.2, 0.25) is 5.91 Å². The second kappa shape index (κ2) is 9.15. The summed E-state index contributed by atoms with van der Waals surface area (Å²) in [5.41, 5.74) is 1.68. The molecule has 0 radical (unpaired) electrons. The Morgan fingerprint density at radius 1 is 0.857 bits per heavy atom. The fourth-order valence-corrected chi connectivity index (χ4v) is 3.14. The molecule has 3 aromatic carbocycles. The smallest absolute Gasteiger partial charge is 0.251 e. The highest BCUT2D eigenvalue weighted by Crippen LogP contribution is 2.17. The molecule has 0 saturated heterocycles. The van der Waals surface area contributed by atoms with Crippen LogP contribution in [-0.2, 0) is 4.79 Å². The van der Waals surface area contributed by atoms with E-state index in [1.807, 2.05) is 80.8 Å². The monoisotopic (exact) mass is 375 g/mol. The first-order valence-corrected chi connectivity index (χ1v) is 9.29. The maximum absolute atomic E-state index is 12.4. The van der Waals surface area contributed by atoms with Gasteiger partial charge in [-0.05, 0) is 42.6 Å². The fraction of sp³-hybridized carbons (Fsp3) is 0.217. The van der Waals surface area contributed by atoms with Crippen LogP contribution in [0.4, 0.5) is 0 Å². The average molecular weight is 375 g/mol. The first-order chi connectivity index (χ1) is 13.5. The van der Waals surface area contributed by atoms with E-state index in [9.17, 15) is 9.59 Å². The molecule has 5 heteroatoms. The number of nitrogens with one attached hydrogen (secondary N) is 2. The first kappa shape index (κ1) is 19.6. The van der Waals surface area contributed by atoms with Crippen LogP contribution in [0.1, 0.15) is 22.0 Å². The summed E-state index contributed by atoms with van der Waals surface area (Å²) < 4.78 is 0. The zero-order valence-corrected chi connectivity index (χ0v) is 16.2. The van der Waals surface area contributed by atoms with Crippen LogP contribution in [0.15, 0.2) is 72.8 Å². The molecule has 0 aliphatic heterocycles. The summed E-state index contributed by atoms with van der Waals surface area (Å²) >= 11 is 0. The predicted octanol–water partition coefficient (Wildman–Crippen LogP) is 2.99. The molecule has 0 unspecified atom stereocenters. The number of nitrogens with zero attached hydrogens (tertiary/aromatic N) is 1. The number of hydrogen-bond donors (Lipinski definition) is 2. The van der Waals surface area contributed by atoms with Crippen LogP contribution in [0, 0.1) is 0 Å². The van der Waals surface area contributed by atoms with Crippen LogP contribution < -0.4 is 10.6 Å². The Morgan fingerprint density at radius 3 is 2.25 bits per heavy atom. The van der Waals surface area contributed by atoms with Gasteiger partial charge in [-0.15, -0.1) is 0 Å². The molecule has 0 spiro atoms. The minimum atomic E-state index is -0.256. The van der Waals surface area contributed by atoms with Crippen molar-refractivity contribution in [2.75, 3.05) is 27.2 Å². The standard InChI is InChI=1S/C23H25N3O2/c1-26(2)21(18-9-4-3-5-10-18)15-24-22(27)16-25-23(28)20-13-12-17-8-6-7-11-19(17)14-20/h3-14,21H,15-16H2,1-2H3,(H,24,27)(H,25,28)/t21-/m0/s1. The van der Waals surface area contributed by atoms with Crippen molar-refractivity contribution in [2.45, 2.75) is 6.04 Å². The van der Waals surface area contributed by atoms with Crippen molar-refractivity contribution >= 4 is 22.6 Å². The number of carbonyl (C=O) groups excluding carboxylic acids is 2. The van der Waals surface area contributed by atoms with E-state index >= 15 is 0 Å². The van der Waals surface area contributed by atoms with Crippen LogP contribution in [0.2, 0.25) is 0 Å². The fourth-order valence-electron chi connectivity index (χ4n) is 3.14. The van der Waals surface area contributed by atoms with Gasteiger partial charge in [0.25, 0.3) is 5.91 Å². The van der Waals surface area contributed by atoms with E-state index in [0.29, 0.717) is 12.1 Å². The van der Waals surface area contributed by atoms with Crippen molar-refractivity contribution < 1.29 is 9.59 Å². The van der Waals surface area contributed by atoms with E-state index in [1.54, 1.807) is 6.07 Å². The molecule has 2 N–H and O–H groups in total. The van der Waals surface area contributed by atoms with E-state index in [4.69, 9.17) is 0 Å². The maximum Gasteiger partial charge on any atom is 0.251 e. The van der Waals surface area contributed by atoms with Gasteiger partial charge >= 0.3 is 0 Å². The molecule has 0 fully saturated rings. The SMILES string of the molecule is CN(C)[C@@H](CNC(=O)CNC(=O)c1ccc2ccccc2c1)c1ccccc1. The molecular formula is C23H25N3O2. The Morgan fingerprint density at radius 2 is 1.54 bits per heavy atom. The van der Waals surface area contributed by atoms with Gasteiger partial charge < -0.3 is 15.5 Å².